The van der Waals surface area contributed by atoms with Crippen molar-refractivity contribution in [3.63, 3.8) is 0 Å². The fourth-order valence-electron chi connectivity index (χ4n) is 3.32. The molecule has 6 nitrogen and oxygen atoms in total. The molecule has 148 valence electrons. The van der Waals surface area contributed by atoms with Gasteiger partial charge in [0, 0.05) is 5.69 Å². The summed E-state index contributed by atoms with van der Waals surface area (Å²) in [5.41, 5.74) is -1.59. The molecule has 27 heavy (non-hydrogen) atoms. The molecule has 1 aliphatic carbocycles. The molecule has 2 rings (SSSR count). The van der Waals surface area contributed by atoms with Crippen molar-refractivity contribution < 1.29 is 19.4 Å². The van der Waals surface area contributed by atoms with Crippen LogP contribution in [0.4, 0.5) is 5.69 Å². The summed E-state index contributed by atoms with van der Waals surface area (Å²) < 4.78 is 5.77. The number of quaternary nitrogens is 1. The van der Waals surface area contributed by atoms with Gasteiger partial charge in [0.15, 0.2) is 0 Å². The molecule has 0 aliphatic heterocycles. The molecule has 1 fully saturated rings. The van der Waals surface area contributed by atoms with E-state index in [2.05, 4.69) is 0 Å². The minimum Gasteiger partial charge on any atom is -0.548 e. The largest absolute Gasteiger partial charge is 0.548 e. The number of nitrogens with zero attached hydrogens (tertiary/aromatic N) is 1. The molecule has 0 aromatic heterocycles. The van der Waals surface area contributed by atoms with Gasteiger partial charge in [0.2, 0.25) is 0 Å². The second-order valence-electron chi connectivity index (χ2n) is 7.49. The van der Waals surface area contributed by atoms with Crippen LogP contribution < -0.4 is 20.9 Å². The number of benzene rings is 1. The Hall–Kier alpha value is -2.23. The first-order chi connectivity index (χ1) is 12.1. The normalized spacial score (nSPS) is 15.8. The summed E-state index contributed by atoms with van der Waals surface area (Å²) in [7, 11) is 0. The highest BCUT2D eigenvalue weighted by atomic mass is 35.5. The first-order valence-electron chi connectivity index (χ1n) is 8.61. The molecular weight excluding hydrogens is 368 g/mol. The average Bonchev–Trinajstić information content (AvgIpc) is 2.57. The molecule has 0 unspecified atom stereocenters. The maximum absolute atomic E-state index is 12.5. The van der Waals surface area contributed by atoms with Crippen LogP contribution in [0.5, 0.6) is 5.75 Å². The number of aliphatic carboxylic acids is 1. The van der Waals surface area contributed by atoms with Crippen LogP contribution in [0.3, 0.4) is 0 Å². The number of halogens is 1. The molecule has 1 amide bonds. The predicted octanol–water partition coefficient (Wildman–Crippen LogP) is 3.31. The fraction of sp³-hybridized carbons (Fsp3) is 0.500. The molecule has 0 radical (unpaired) electrons. The Bertz CT molecular complexity index is 743. The van der Waals surface area contributed by atoms with E-state index < -0.39 is 23.0 Å². The van der Waals surface area contributed by atoms with Crippen LogP contribution >= 0.6 is 11.6 Å². The molecule has 4 N–H and O–H groups in total. The van der Waals surface area contributed by atoms with E-state index in [1.165, 1.54) is 6.07 Å². The van der Waals surface area contributed by atoms with Crippen LogP contribution in [0.1, 0.15) is 52.9 Å². The number of amides is 1. The van der Waals surface area contributed by atoms with Crippen molar-refractivity contribution >= 4 is 29.2 Å². The van der Waals surface area contributed by atoms with E-state index in [0.717, 1.165) is 11.3 Å². The third-order valence-corrected chi connectivity index (χ3v) is 4.70. The molecule has 7 heteroatoms. The Morgan fingerprint density at radius 2 is 1.85 bits per heavy atom. The SMILES string of the molecule is C#CC(=O)N(c1ccc(OC(C)(C)C)c(Cl)c1)C1(C(=O)[O-])CCCCC1.[NH4+]. The summed E-state index contributed by atoms with van der Waals surface area (Å²) in [6.07, 6.45) is 8.17. The second-order valence-corrected chi connectivity index (χ2v) is 7.90. The van der Waals surface area contributed by atoms with Gasteiger partial charge in [-0.1, -0.05) is 30.9 Å². The maximum Gasteiger partial charge on any atom is 0.303 e. The molecule has 1 aliphatic rings. The van der Waals surface area contributed by atoms with E-state index in [4.69, 9.17) is 22.8 Å². The second kappa shape index (κ2) is 8.64. The number of carboxylic acids is 1. The smallest absolute Gasteiger partial charge is 0.303 e. The molecule has 0 atom stereocenters. The van der Waals surface area contributed by atoms with Crippen molar-refractivity contribution in [3.8, 4) is 18.1 Å². The highest BCUT2D eigenvalue weighted by Crippen LogP contribution is 2.39. The van der Waals surface area contributed by atoms with Crippen LogP contribution in [-0.2, 0) is 9.59 Å². The van der Waals surface area contributed by atoms with Gasteiger partial charge in [0.1, 0.15) is 11.4 Å². The number of terminal acetylenes is 1. The molecular formula is C20H27ClN2O4. The fourth-order valence-corrected chi connectivity index (χ4v) is 3.53. The van der Waals surface area contributed by atoms with Gasteiger partial charge in [-0.15, -0.1) is 6.42 Å². The Kier molecular flexibility index (Phi) is 7.30. The summed E-state index contributed by atoms with van der Waals surface area (Å²) in [5, 5.41) is 12.3. The van der Waals surface area contributed by atoms with E-state index >= 15 is 0 Å². The Morgan fingerprint density at radius 1 is 1.26 bits per heavy atom. The van der Waals surface area contributed by atoms with Crippen LogP contribution in [0, 0.1) is 12.3 Å². The monoisotopic (exact) mass is 394 g/mol. The Morgan fingerprint density at radius 3 is 2.30 bits per heavy atom. The van der Waals surface area contributed by atoms with Gasteiger partial charge in [-0.25, -0.2) is 0 Å². The number of hydrogen-bond acceptors (Lipinski definition) is 4. The van der Waals surface area contributed by atoms with Gasteiger partial charge < -0.3 is 20.8 Å². The topological polar surface area (TPSA) is 106 Å². The van der Waals surface area contributed by atoms with E-state index in [-0.39, 0.29) is 11.2 Å². The van der Waals surface area contributed by atoms with E-state index in [1.807, 2.05) is 26.7 Å². The molecule has 1 saturated carbocycles. The highest BCUT2D eigenvalue weighted by Gasteiger charge is 2.43. The first-order valence-corrected chi connectivity index (χ1v) is 8.99. The lowest BCUT2D eigenvalue weighted by atomic mass is 9.79. The number of hydrogen-bond donors (Lipinski definition) is 1. The molecule has 0 saturated heterocycles. The van der Waals surface area contributed by atoms with Crippen LogP contribution in [0.25, 0.3) is 0 Å². The molecule has 1 aromatic carbocycles. The van der Waals surface area contributed by atoms with Crippen LogP contribution in [-0.4, -0.2) is 23.0 Å². The zero-order chi connectivity index (χ0) is 19.5. The van der Waals surface area contributed by atoms with E-state index in [0.29, 0.717) is 37.1 Å². The molecule has 0 heterocycles. The Labute approximate surface area is 165 Å². The van der Waals surface area contributed by atoms with Crippen molar-refractivity contribution in [1.29, 1.82) is 0 Å². The lowest BCUT2D eigenvalue weighted by Gasteiger charge is -2.46. The van der Waals surface area contributed by atoms with Gasteiger partial charge >= 0.3 is 5.91 Å². The molecule has 0 spiro atoms. The molecule has 0 bridgehead atoms. The van der Waals surface area contributed by atoms with Gasteiger partial charge in [0.25, 0.3) is 0 Å². The number of ether oxygens (including phenoxy) is 1. The lowest BCUT2D eigenvalue weighted by molar-refractivity contribution is -0.314. The predicted molar refractivity (Wildman–Crippen MR) is 105 cm³/mol. The van der Waals surface area contributed by atoms with Gasteiger partial charge in [-0.05, 0) is 57.7 Å². The first kappa shape index (κ1) is 22.8. The van der Waals surface area contributed by atoms with Crippen LogP contribution in [0.15, 0.2) is 18.2 Å². The van der Waals surface area contributed by atoms with Crippen molar-refractivity contribution in [2.24, 2.45) is 0 Å². The summed E-state index contributed by atoms with van der Waals surface area (Å²) >= 11 is 6.31. The van der Waals surface area contributed by atoms with Crippen molar-refractivity contribution in [1.82, 2.24) is 6.15 Å². The van der Waals surface area contributed by atoms with Gasteiger partial charge in [0.05, 0.1) is 16.5 Å². The molecule has 1 aromatic rings. The van der Waals surface area contributed by atoms with Crippen molar-refractivity contribution in [2.75, 3.05) is 4.90 Å². The van der Waals surface area contributed by atoms with Crippen molar-refractivity contribution in [2.45, 2.75) is 64.0 Å². The minimum absolute atomic E-state index is 0. The number of carbonyl (C=O) groups excluding carboxylic acids is 2. The third-order valence-electron chi connectivity index (χ3n) is 4.41. The summed E-state index contributed by atoms with van der Waals surface area (Å²) in [6.45, 7) is 5.66. The van der Waals surface area contributed by atoms with Crippen LogP contribution in [0.2, 0.25) is 5.02 Å². The third kappa shape index (κ3) is 4.94. The minimum atomic E-state index is -1.46. The van der Waals surface area contributed by atoms with E-state index in [1.54, 1.807) is 12.1 Å². The quantitative estimate of drug-likeness (QED) is 0.790. The number of rotatable bonds is 4. The average molecular weight is 395 g/mol. The Balaban J connectivity index is 0.00000364. The standard InChI is InChI=1S/C20H24ClNO4.H3N/c1-5-17(23)22(20(18(24)25)11-7-6-8-12-20)14-9-10-16(15(21)13-14)26-19(2,3)4;/h1,9-10,13H,6-8,11-12H2,2-4H3,(H,24,25);1H3. The lowest BCUT2D eigenvalue weighted by Crippen LogP contribution is -2.63. The zero-order valence-corrected chi connectivity index (χ0v) is 17.1. The van der Waals surface area contributed by atoms with Gasteiger partial charge in [-0.3, -0.25) is 9.69 Å². The van der Waals surface area contributed by atoms with Crippen molar-refractivity contribution in [3.05, 3.63) is 23.2 Å². The van der Waals surface area contributed by atoms with Gasteiger partial charge in [-0.2, -0.15) is 0 Å². The summed E-state index contributed by atoms with van der Waals surface area (Å²) in [5.74, 6) is 0.456. The number of carbonyl (C=O) groups is 2. The maximum atomic E-state index is 12.5. The summed E-state index contributed by atoms with van der Waals surface area (Å²) in [6, 6.07) is 4.73. The number of anilines is 1. The van der Waals surface area contributed by atoms with E-state index in [9.17, 15) is 14.7 Å². The highest BCUT2D eigenvalue weighted by molar-refractivity contribution is 6.32. The number of carboxylic acid groups (broad SMARTS) is 1. The summed E-state index contributed by atoms with van der Waals surface area (Å²) in [4.78, 5) is 25.6. The zero-order valence-electron chi connectivity index (χ0n) is 16.3.